The van der Waals surface area contributed by atoms with E-state index in [2.05, 4.69) is 0 Å². The van der Waals surface area contributed by atoms with Crippen molar-refractivity contribution in [3.05, 3.63) is 72.3 Å². The number of amides is 1. The van der Waals surface area contributed by atoms with E-state index in [9.17, 15) is 9.90 Å². The lowest BCUT2D eigenvalue weighted by molar-refractivity contribution is -0.137. The standard InChI is InChI=1S/C20H17NO3/c1-24-17-10-7-14(8-11-17)18-19(22)20(23)21(18)16-9-6-13-4-2-3-5-15(13)12-16/h2-12,18-19,22H,1H3. The molecule has 1 aliphatic rings. The summed E-state index contributed by atoms with van der Waals surface area (Å²) in [6, 6.07) is 21.0. The van der Waals surface area contributed by atoms with Gasteiger partial charge >= 0.3 is 0 Å². The molecule has 4 nitrogen and oxygen atoms in total. The van der Waals surface area contributed by atoms with Crippen molar-refractivity contribution in [1.82, 2.24) is 0 Å². The molecule has 0 aromatic heterocycles. The predicted octanol–water partition coefficient (Wildman–Crippen LogP) is 3.30. The Hall–Kier alpha value is -2.85. The van der Waals surface area contributed by atoms with Crippen LogP contribution in [0.1, 0.15) is 11.6 Å². The fourth-order valence-corrected chi connectivity index (χ4v) is 3.22. The van der Waals surface area contributed by atoms with Crippen LogP contribution in [0.2, 0.25) is 0 Å². The van der Waals surface area contributed by atoms with E-state index in [-0.39, 0.29) is 11.9 Å². The predicted molar refractivity (Wildman–Crippen MR) is 93.2 cm³/mol. The number of anilines is 1. The summed E-state index contributed by atoms with van der Waals surface area (Å²) in [4.78, 5) is 13.9. The van der Waals surface area contributed by atoms with Gasteiger partial charge in [0.1, 0.15) is 5.75 Å². The maximum atomic E-state index is 12.3. The molecule has 0 saturated carbocycles. The van der Waals surface area contributed by atoms with Gasteiger partial charge in [-0.2, -0.15) is 0 Å². The van der Waals surface area contributed by atoms with E-state index in [0.29, 0.717) is 0 Å². The molecule has 1 heterocycles. The first-order valence-electron chi connectivity index (χ1n) is 7.83. The molecule has 120 valence electrons. The SMILES string of the molecule is COc1ccc(C2C(O)C(=O)N2c2ccc3ccccc3c2)cc1. The van der Waals surface area contributed by atoms with E-state index in [1.54, 1.807) is 12.0 Å². The van der Waals surface area contributed by atoms with Gasteiger partial charge in [-0.3, -0.25) is 9.69 Å². The zero-order valence-electron chi connectivity index (χ0n) is 13.2. The molecule has 2 unspecified atom stereocenters. The van der Waals surface area contributed by atoms with Gasteiger partial charge in [-0.25, -0.2) is 0 Å². The van der Waals surface area contributed by atoms with Crippen molar-refractivity contribution in [2.24, 2.45) is 0 Å². The van der Waals surface area contributed by atoms with Crippen LogP contribution in [0.3, 0.4) is 0 Å². The summed E-state index contributed by atoms with van der Waals surface area (Å²) in [5, 5.41) is 12.4. The average molecular weight is 319 g/mol. The molecular formula is C20H17NO3. The largest absolute Gasteiger partial charge is 0.497 e. The first kappa shape index (κ1) is 14.7. The van der Waals surface area contributed by atoms with Crippen LogP contribution in [0.25, 0.3) is 10.8 Å². The van der Waals surface area contributed by atoms with Crippen LogP contribution in [-0.2, 0) is 4.79 Å². The third kappa shape index (κ3) is 2.23. The minimum Gasteiger partial charge on any atom is -0.497 e. The number of hydrogen-bond acceptors (Lipinski definition) is 3. The van der Waals surface area contributed by atoms with Gasteiger partial charge in [0, 0.05) is 5.69 Å². The van der Waals surface area contributed by atoms with Crippen molar-refractivity contribution in [1.29, 1.82) is 0 Å². The topological polar surface area (TPSA) is 49.8 Å². The highest BCUT2D eigenvalue weighted by Crippen LogP contribution is 2.40. The number of carbonyl (C=O) groups excluding carboxylic acids is 1. The monoisotopic (exact) mass is 319 g/mol. The summed E-state index contributed by atoms with van der Waals surface area (Å²) < 4.78 is 5.17. The van der Waals surface area contributed by atoms with E-state index >= 15 is 0 Å². The summed E-state index contributed by atoms with van der Waals surface area (Å²) in [7, 11) is 1.61. The summed E-state index contributed by atoms with van der Waals surface area (Å²) in [5.41, 5.74) is 1.68. The number of fused-ring (bicyclic) bond motifs is 1. The highest BCUT2D eigenvalue weighted by atomic mass is 16.5. The number of aliphatic hydroxyl groups is 1. The molecule has 4 heteroatoms. The van der Waals surface area contributed by atoms with E-state index in [4.69, 9.17) is 4.74 Å². The maximum Gasteiger partial charge on any atom is 0.259 e. The smallest absolute Gasteiger partial charge is 0.259 e. The number of hydrogen-bond donors (Lipinski definition) is 1. The molecular weight excluding hydrogens is 302 g/mol. The Morgan fingerprint density at radius 1 is 0.958 bits per heavy atom. The third-order valence-corrected chi connectivity index (χ3v) is 4.54. The minimum atomic E-state index is -1.01. The van der Waals surface area contributed by atoms with Crippen LogP contribution in [-0.4, -0.2) is 24.2 Å². The molecule has 4 rings (SSSR count). The van der Waals surface area contributed by atoms with Gasteiger partial charge < -0.3 is 9.84 Å². The Morgan fingerprint density at radius 3 is 2.38 bits per heavy atom. The summed E-state index contributed by atoms with van der Waals surface area (Å²) >= 11 is 0. The second-order valence-corrected chi connectivity index (χ2v) is 5.90. The Kier molecular flexibility index (Phi) is 3.47. The molecule has 1 fully saturated rings. The Bertz CT molecular complexity index is 904. The van der Waals surface area contributed by atoms with Crippen LogP contribution >= 0.6 is 0 Å². The van der Waals surface area contributed by atoms with Crippen LogP contribution in [0.5, 0.6) is 5.75 Å². The molecule has 24 heavy (non-hydrogen) atoms. The fourth-order valence-electron chi connectivity index (χ4n) is 3.22. The van der Waals surface area contributed by atoms with Crippen molar-refractivity contribution in [3.63, 3.8) is 0 Å². The molecule has 1 saturated heterocycles. The lowest BCUT2D eigenvalue weighted by Crippen LogP contribution is -2.59. The zero-order chi connectivity index (χ0) is 16.7. The number of benzene rings is 3. The molecule has 0 radical (unpaired) electrons. The van der Waals surface area contributed by atoms with Gasteiger partial charge in [0.25, 0.3) is 5.91 Å². The molecule has 3 aromatic rings. The summed E-state index contributed by atoms with van der Waals surface area (Å²) in [5.74, 6) is 0.474. The third-order valence-electron chi connectivity index (χ3n) is 4.54. The van der Waals surface area contributed by atoms with Crippen molar-refractivity contribution in [2.45, 2.75) is 12.1 Å². The molecule has 0 spiro atoms. The van der Waals surface area contributed by atoms with Gasteiger partial charge in [0.05, 0.1) is 13.2 Å². The fraction of sp³-hybridized carbons (Fsp3) is 0.150. The van der Waals surface area contributed by atoms with Gasteiger partial charge in [-0.1, -0.05) is 42.5 Å². The van der Waals surface area contributed by atoms with Crippen LogP contribution in [0, 0.1) is 0 Å². The Morgan fingerprint density at radius 2 is 1.67 bits per heavy atom. The van der Waals surface area contributed by atoms with Crippen LogP contribution < -0.4 is 9.64 Å². The number of β-lactam (4-membered cyclic amide) rings is 1. The Labute approximate surface area is 139 Å². The number of nitrogens with zero attached hydrogens (tertiary/aromatic N) is 1. The van der Waals surface area contributed by atoms with Crippen molar-refractivity contribution >= 4 is 22.4 Å². The van der Waals surface area contributed by atoms with E-state index in [1.807, 2.05) is 66.7 Å². The number of rotatable bonds is 3. The maximum absolute atomic E-state index is 12.3. The van der Waals surface area contributed by atoms with Gasteiger partial charge in [0.15, 0.2) is 6.10 Å². The number of aliphatic hydroxyl groups excluding tert-OH is 1. The highest BCUT2D eigenvalue weighted by molar-refractivity contribution is 6.06. The second kappa shape index (κ2) is 5.65. The quantitative estimate of drug-likeness (QED) is 0.754. The number of ether oxygens (including phenoxy) is 1. The Balaban J connectivity index is 1.72. The summed E-state index contributed by atoms with van der Waals surface area (Å²) in [6.45, 7) is 0. The molecule has 0 aliphatic carbocycles. The number of methoxy groups -OCH3 is 1. The van der Waals surface area contributed by atoms with Crippen LogP contribution in [0.4, 0.5) is 5.69 Å². The molecule has 1 amide bonds. The van der Waals surface area contributed by atoms with E-state index in [0.717, 1.165) is 27.8 Å². The van der Waals surface area contributed by atoms with Crippen molar-refractivity contribution < 1.29 is 14.6 Å². The number of carbonyl (C=O) groups is 1. The van der Waals surface area contributed by atoms with Crippen LogP contribution in [0.15, 0.2) is 66.7 Å². The van der Waals surface area contributed by atoms with Gasteiger partial charge in [-0.15, -0.1) is 0 Å². The van der Waals surface area contributed by atoms with Gasteiger partial charge in [0.2, 0.25) is 0 Å². The van der Waals surface area contributed by atoms with Gasteiger partial charge in [-0.05, 0) is 40.6 Å². The minimum absolute atomic E-state index is 0.272. The van der Waals surface area contributed by atoms with Crippen molar-refractivity contribution in [3.8, 4) is 5.75 Å². The molecule has 0 bridgehead atoms. The molecule has 3 aromatic carbocycles. The van der Waals surface area contributed by atoms with E-state index < -0.39 is 6.10 Å². The first-order valence-corrected chi connectivity index (χ1v) is 7.83. The molecule has 2 atom stereocenters. The highest BCUT2D eigenvalue weighted by Gasteiger charge is 2.47. The second-order valence-electron chi connectivity index (χ2n) is 5.90. The molecule has 1 aliphatic heterocycles. The summed E-state index contributed by atoms with van der Waals surface area (Å²) in [6.07, 6.45) is -1.01. The van der Waals surface area contributed by atoms with E-state index in [1.165, 1.54) is 0 Å². The van der Waals surface area contributed by atoms with Crippen molar-refractivity contribution in [2.75, 3.05) is 12.0 Å². The zero-order valence-corrected chi connectivity index (χ0v) is 13.2. The average Bonchev–Trinajstić information content (AvgIpc) is 2.65. The molecule has 1 N–H and O–H groups in total. The first-order chi connectivity index (χ1) is 11.7. The lowest BCUT2D eigenvalue weighted by atomic mass is 9.89. The normalized spacial score (nSPS) is 20.1. The lowest BCUT2D eigenvalue weighted by Gasteiger charge is -2.44.